The molecule has 4 rings (SSSR count). The fourth-order valence-electron chi connectivity index (χ4n) is 4.98. The number of anilines is 1. The Balaban J connectivity index is 1.55. The first kappa shape index (κ1) is 21.8. The molecule has 2 aromatic rings. The molecule has 166 valence electrons. The Hall–Kier alpha value is -2.44. The van der Waals surface area contributed by atoms with Crippen LogP contribution >= 0.6 is 0 Å². The highest BCUT2D eigenvalue weighted by atomic mass is 19.1. The average Bonchev–Trinajstić information content (AvgIpc) is 2.81. The second kappa shape index (κ2) is 9.79. The van der Waals surface area contributed by atoms with Crippen molar-refractivity contribution in [3.05, 3.63) is 59.9 Å². The van der Waals surface area contributed by atoms with E-state index in [0.717, 1.165) is 51.6 Å². The van der Waals surface area contributed by atoms with Crippen LogP contribution in [0.25, 0.3) is 0 Å². The van der Waals surface area contributed by atoms with Gasteiger partial charge >= 0.3 is 0 Å². The SMILES string of the molecule is COc1cccc(C(=O)N(c2ccc(F)cc2)C2CCN(C3CCCCC3O)CC2)c1. The molecule has 5 nitrogen and oxygen atoms in total. The molecule has 0 aromatic heterocycles. The normalized spacial score (nSPS) is 22.8. The molecule has 1 heterocycles. The topological polar surface area (TPSA) is 53.0 Å². The van der Waals surface area contributed by atoms with Crippen molar-refractivity contribution in [2.75, 3.05) is 25.1 Å². The van der Waals surface area contributed by atoms with Gasteiger partial charge in [-0.2, -0.15) is 0 Å². The minimum Gasteiger partial charge on any atom is -0.497 e. The van der Waals surface area contributed by atoms with Crippen LogP contribution in [0.5, 0.6) is 5.75 Å². The molecule has 31 heavy (non-hydrogen) atoms. The van der Waals surface area contributed by atoms with Gasteiger partial charge in [-0.1, -0.05) is 18.9 Å². The molecule has 0 bridgehead atoms. The molecule has 1 amide bonds. The minimum absolute atomic E-state index is 0.0149. The Kier molecular flexibility index (Phi) is 6.88. The number of piperidine rings is 1. The molecule has 1 N–H and O–H groups in total. The zero-order valence-corrected chi connectivity index (χ0v) is 18.0. The zero-order chi connectivity index (χ0) is 21.8. The number of amides is 1. The standard InChI is InChI=1S/C25H31FN2O3/c1-31-22-6-4-5-18(17-22)25(30)28(20-11-9-19(26)10-12-20)21-13-15-27(16-14-21)23-7-2-3-8-24(23)29/h4-6,9-12,17,21,23-24,29H,2-3,7-8,13-16H2,1H3. The second-order valence-electron chi connectivity index (χ2n) is 8.57. The highest BCUT2D eigenvalue weighted by Crippen LogP contribution is 2.30. The molecular weight excluding hydrogens is 395 g/mol. The first-order valence-corrected chi connectivity index (χ1v) is 11.2. The summed E-state index contributed by atoms with van der Waals surface area (Å²) >= 11 is 0. The van der Waals surface area contributed by atoms with E-state index < -0.39 is 0 Å². The molecule has 2 aromatic carbocycles. The van der Waals surface area contributed by atoms with E-state index in [2.05, 4.69) is 4.90 Å². The predicted octanol–water partition coefficient (Wildman–Crippen LogP) is 4.25. The minimum atomic E-state index is -0.321. The maximum Gasteiger partial charge on any atom is 0.258 e. The number of rotatable bonds is 5. The molecule has 0 radical (unpaired) electrons. The quantitative estimate of drug-likeness (QED) is 0.777. The summed E-state index contributed by atoms with van der Waals surface area (Å²) in [5, 5.41) is 10.4. The Morgan fingerprint density at radius 2 is 1.77 bits per heavy atom. The second-order valence-corrected chi connectivity index (χ2v) is 8.57. The molecular formula is C25H31FN2O3. The van der Waals surface area contributed by atoms with Crippen molar-refractivity contribution < 1.29 is 19.0 Å². The number of aliphatic hydroxyl groups is 1. The summed E-state index contributed by atoms with van der Waals surface area (Å²) in [6, 6.07) is 13.5. The number of hydrogen-bond acceptors (Lipinski definition) is 4. The van der Waals surface area contributed by atoms with Crippen LogP contribution in [-0.2, 0) is 0 Å². The Labute approximate surface area is 183 Å². The molecule has 6 heteroatoms. The van der Waals surface area contributed by atoms with E-state index in [-0.39, 0.29) is 29.9 Å². The van der Waals surface area contributed by atoms with Gasteiger partial charge in [-0.25, -0.2) is 4.39 Å². The lowest BCUT2D eigenvalue weighted by atomic mass is 9.89. The van der Waals surface area contributed by atoms with Gasteiger partial charge in [0.15, 0.2) is 0 Å². The number of halogens is 1. The predicted molar refractivity (Wildman–Crippen MR) is 119 cm³/mol. The third-order valence-corrected chi connectivity index (χ3v) is 6.67. The number of hydrogen-bond donors (Lipinski definition) is 1. The average molecular weight is 427 g/mol. The lowest BCUT2D eigenvalue weighted by Gasteiger charge is -2.44. The lowest BCUT2D eigenvalue weighted by Crippen LogP contribution is -2.53. The lowest BCUT2D eigenvalue weighted by molar-refractivity contribution is 0.00866. The smallest absolute Gasteiger partial charge is 0.258 e. The number of likely N-dealkylation sites (tertiary alicyclic amines) is 1. The Bertz CT molecular complexity index is 881. The maximum absolute atomic E-state index is 13.6. The number of aliphatic hydroxyl groups excluding tert-OH is 1. The Morgan fingerprint density at radius 1 is 1.06 bits per heavy atom. The molecule has 0 spiro atoms. The van der Waals surface area contributed by atoms with Crippen molar-refractivity contribution in [2.24, 2.45) is 0 Å². The molecule has 2 fully saturated rings. The Morgan fingerprint density at radius 3 is 2.45 bits per heavy atom. The monoisotopic (exact) mass is 426 g/mol. The van der Waals surface area contributed by atoms with Crippen LogP contribution in [0.3, 0.4) is 0 Å². The summed E-state index contributed by atoms with van der Waals surface area (Å²) in [5.41, 5.74) is 1.25. The summed E-state index contributed by atoms with van der Waals surface area (Å²) in [6.07, 6.45) is 5.56. The molecule has 2 aliphatic rings. The first-order chi connectivity index (χ1) is 15.1. The molecule has 2 unspecified atom stereocenters. The van der Waals surface area contributed by atoms with Gasteiger partial charge in [0.2, 0.25) is 0 Å². The third kappa shape index (κ3) is 4.91. The van der Waals surface area contributed by atoms with Gasteiger partial charge in [0.25, 0.3) is 5.91 Å². The van der Waals surface area contributed by atoms with Gasteiger partial charge in [0, 0.05) is 36.4 Å². The van der Waals surface area contributed by atoms with E-state index in [1.54, 1.807) is 31.4 Å². The number of nitrogens with zero attached hydrogens (tertiary/aromatic N) is 2. The van der Waals surface area contributed by atoms with Gasteiger partial charge in [0.05, 0.1) is 13.2 Å². The number of benzene rings is 2. The fourth-order valence-corrected chi connectivity index (χ4v) is 4.98. The summed E-state index contributed by atoms with van der Waals surface area (Å²) in [5.74, 6) is 0.200. The van der Waals surface area contributed by atoms with E-state index in [1.165, 1.54) is 12.1 Å². The number of methoxy groups -OCH3 is 1. The van der Waals surface area contributed by atoms with Crippen molar-refractivity contribution in [1.82, 2.24) is 4.90 Å². The molecule has 1 aliphatic carbocycles. The summed E-state index contributed by atoms with van der Waals surface area (Å²) in [6.45, 7) is 1.69. The number of carbonyl (C=O) groups excluding carboxylic acids is 1. The van der Waals surface area contributed by atoms with E-state index >= 15 is 0 Å². The van der Waals surface area contributed by atoms with Crippen LogP contribution in [0.1, 0.15) is 48.9 Å². The van der Waals surface area contributed by atoms with Crippen molar-refractivity contribution in [3.63, 3.8) is 0 Å². The van der Waals surface area contributed by atoms with Crippen LogP contribution in [0.15, 0.2) is 48.5 Å². The summed E-state index contributed by atoms with van der Waals surface area (Å²) in [7, 11) is 1.58. The van der Waals surface area contributed by atoms with Crippen molar-refractivity contribution in [2.45, 2.75) is 56.7 Å². The number of carbonyl (C=O) groups is 1. The van der Waals surface area contributed by atoms with E-state index in [9.17, 15) is 14.3 Å². The van der Waals surface area contributed by atoms with E-state index in [4.69, 9.17) is 4.74 Å². The van der Waals surface area contributed by atoms with Crippen molar-refractivity contribution in [3.8, 4) is 5.75 Å². The maximum atomic E-state index is 13.6. The highest BCUT2D eigenvalue weighted by molar-refractivity contribution is 6.06. The van der Waals surface area contributed by atoms with Crippen molar-refractivity contribution in [1.29, 1.82) is 0 Å². The first-order valence-electron chi connectivity index (χ1n) is 11.2. The van der Waals surface area contributed by atoms with Crippen LogP contribution in [0.2, 0.25) is 0 Å². The van der Waals surface area contributed by atoms with Crippen LogP contribution in [0, 0.1) is 5.82 Å². The summed E-state index contributed by atoms with van der Waals surface area (Å²) in [4.78, 5) is 17.8. The molecule has 1 saturated carbocycles. The van der Waals surface area contributed by atoms with Gasteiger partial charge in [0.1, 0.15) is 11.6 Å². The molecule has 1 saturated heterocycles. The van der Waals surface area contributed by atoms with Crippen molar-refractivity contribution >= 4 is 11.6 Å². The number of ether oxygens (including phenoxy) is 1. The van der Waals surface area contributed by atoms with Gasteiger partial charge in [-0.05, 0) is 68.1 Å². The summed E-state index contributed by atoms with van der Waals surface area (Å²) < 4.78 is 18.9. The van der Waals surface area contributed by atoms with Gasteiger partial charge < -0.3 is 14.7 Å². The zero-order valence-electron chi connectivity index (χ0n) is 18.0. The largest absolute Gasteiger partial charge is 0.497 e. The van der Waals surface area contributed by atoms with E-state index in [1.807, 2.05) is 17.0 Å². The molecule has 2 atom stereocenters. The highest BCUT2D eigenvalue weighted by Gasteiger charge is 2.35. The molecule has 1 aliphatic heterocycles. The van der Waals surface area contributed by atoms with Crippen LogP contribution in [0.4, 0.5) is 10.1 Å². The fraction of sp³-hybridized carbons (Fsp3) is 0.480. The van der Waals surface area contributed by atoms with Gasteiger partial charge in [-0.3, -0.25) is 9.69 Å². The van der Waals surface area contributed by atoms with Gasteiger partial charge in [-0.15, -0.1) is 0 Å². The van der Waals surface area contributed by atoms with Crippen LogP contribution < -0.4 is 9.64 Å². The van der Waals surface area contributed by atoms with Crippen LogP contribution in [-0.4, -0.2) is 54.3 Å². The third-order valence-electron chi connectivity index (χ3n) is 6.67. The van der Waals surface area contributed by atoms with E-state index in [0.29, 0.717) is 17.0 Å².